The molecule has 30 heavy (non-hydrogen) atoms. The molecule has 0 amide bonds. The van der Waals surface area contributed by atoms with Crippen LogP contribution in [0.25, 0.3) is 11.0 Å². The number of anilines is 3. The molecule has 0 aromatic carbocycles. The number of piperazine rings is 1. The van der Waals surface area contributed by atoms with Gasteiger partial charge < -0.3 is 25.2 Å². The maximum absolute atomic E-state index is 10.5. The van der Waals surface area contributed by atoms with Crippen molar-refractivity contribution in [3.63, 3.8) is 0 Å². The van der Waals surface area contributed by atoms with Gasteiger partial charge in [0.05, 0.1) is 17.6 Å². The molecule has 0 aliphatic carbocycles. The van der Waals surface area contributed by atoms with Crippen LogP contribution >= 0.6 is 0 Å². The van der Waals surface area contributed by atoms with Crippen LogP contribution in [0.3, 0.4) is 0 Å². The van der Waals surface area contributed by atoms with Crippen molar-refractivity contribution in [3.8, 4) is 0 Å². The van der Waals surface area contributed by atoms with Gasteiger partial charge in [-0.05, 0) is 24.1 Å². The summed E-state index contributed by atoms with van der Waals surface area (Å²) in [6.07, 6.45) is 2.99. The number of nitrogens with one attached hydrogen (secondary N) is 3. The first-order valence-corrected chi connectivity index (χ1v) is 10.6. The Morgan fingerprint density at radius 2 is 2.00 bits per heavy atom. The Bertz CT molecular complexity index is 1030. The average molecular weight is 409 g/mol. The van der Waals surface area contributed by atoms with E-state index in [2.05, 4.69) is 55.3 Å². The van der Waals surface area contributed by atoms with Gasteiger partial charge in [0, 0.05) is 50.3 Å². The highest BCUT2D eigenvalue weighted by atomic mass is 16.3. The quantitative estimate of drug-likeness (QED) is 0.516. The van der Waals surface area contributed by atoms with Crippen LogP contribution in [0.5, 0.6) is 0 Å². The fraction of sp³-hybridized carbons (Fsp3) is 0.476. The average Bonchev–Trinajstić information content (AvgIpc) is 3.14. The maximum Gasteiger partial charge on any atom is 0.230 e. The molecule has 0 bridgehead atoms. The van der Waals surface area contributed by atoms with E-state index in [1.807, 2.05) is 18.3 Å². The third-order valence-electron chi connectivity index (χ3n) is 5.97. The number of nitrogens with zero attached hydrogens (tertiary/aromatic N) is 5. The minimum Gasteiger partial charge on any atom is -0.373 e. The van der Waals surface area contributed by atoms with E-state index in [4.69, 9.17) is 4.98 Å². The van der Waals surface area contributed by atoms with Crippen molar-refractivity contribution in [3.05, 3.63) is 36.3 Å². The number of hydrogen-bond acceptors (Lipinski definition) is 8. The number of hydrogen-bond donors (Lipinski definition) is 4. The molecule has 0 radical (unpaired) electrons. The largest absolute Gasteiger partial charge is 0.373 e. The molecule has 2 aliphatic heterocycles. The maximum atomic E-state index is 10.5. The molecule has 3 aromatic heterocycles. The van der Waals surface area contributed by atoms with Gasteiger partial charge >= 0.3 is 0 Å². The minimum absolute atomic E-state index is 0.189. The van der Waals surface area contributed by atoms with Gasteiger partial charge in [0.15, 0.2) is 0 Å². The zero-order valence-corrected chi connectivity index (χ0v) is 17.3. The topological polar surface area (TPSA) is 103 Å². The highest BCUT2D eigenvalue weighted by Crippen LogP contribution is 2.28. The van der Waals surface area contributed by atoms with E-state index in [0.717, 1.165) is 55.1 Å². The van der Waals surface area contributed by atoms with Gasteiger partial charge in [0.2, 0.25) is 5.95 Å². The van der Waals surface area contributed by atoms with E-state index in [0.29, 0.717) is 17.7 Å². The van der Waals surface area contributed by atoms with Crippen LogP contribution in [0.1, 0.15) is 25.8 Å². The smallest absolute Gasteiger partial charge is 0.230 e. The molecule has 0 saturated carbocycles. The van der Waals surface area contributed by atoms with Crippen molar-refractivity contribution in [2.24, 2.45) is 5.92 Å². The first-order chi connectivity index (χ1) is 14.6. The second-order valence-corrected chi connectivity index (χ2v) is 8.34. The lowest BCUT2D eigenvalue weighted by Gasteiger charge is -2.32. The van der Waals surface area contributed by atoms with Gasteiger partial charge in [-0.2, -0.15) is 4.98 Å². The summed E-state index contributed by atoms with van der Waals surface area (Å²) in [5.74, 6) is 1.61. The fourth-order valence-corrected chi connectivity index (χ4v) is 4.16. The van der Waals surface area contributed by atoms with E-state index in [1.54, 1.807) is 6.20 Å². The van der Waals surface area contributed by atoms with Crippen LogP contribution in [0.2, 0.25) is 0 Å². The monoisotopic (exact) mass is 408 g/mol. The highest BCUT2D eigenvalue weighted by Gasteiger charge is 2.28. The van der Waals surface area contributed by atoms with Crippen LogP contribution in [0.4, 0.5) is 17.5 Å². The van der Waals surface area contributed by atoms with Crippen LogP contribution < -0.4 is 20.9 Å². The second-order valence-electron chi connectivity index (χ2n) is 8.34. The predicted octanol–water partition coefficient (Wildman–Crippen LogP) is 1.60. The molecular weight excluding hydrogens is 380 g/mol. The summed E-state index contributed by atoms with van der Waals surface area (Å²) in [6.45, 7) is 9.05. The molecule has 1 fully saturated rings. The summed E-state index contributed by atoms with van der Waals surface area (Å²) >= 11 is 0. The number of aliphatic hydroxyl groups is 1. The molecule has 5 heterocycles. The molecule has 3 aromatic rings. The normalized spacial score (nSPS) is 21.8. The Balaban J connectivity index is 1.38. The number of pyridine rings is 1. The molecule has 1 unspecified atom stereocenters. The van der Waals surface area contributed by atoms with Crippen molar-refractivity contribution in [2.75, 3.05) is 36.4 Å². The SMILES string of the molecule is CC(C)[C@H]1Cn2c(cc3cnc(Nc4ccc(N5CCNCC5)cn4)nc32)C(O)N1. The number of aromatic nitrogens is 4. The molecular formula is C21H28N8O. The Kier molecular flexibility index (Phi) is 5.01. The lowest BCUT2D eigenvalue weighted by Crippen LogP contribution is -2.45. The third-order valence-corrected chi connectivity index (χ3v) is 5.97. The molecule has 0 spiro atoms. The molecule has 1 saturated heterocycles. The molecule has 2 atom stereocenters. The number of fused-ring (bicyclic) bond motifs is 3. The van der Waals surface area contributed by atoms with Crippen LogP contribution in [0.15, 0.2) is 30.6 Å². The zero-order valence-electron chi connectivity index (χ0n) is 17.3. The summed E-state index contributed by atoms with van der Waals surface area (Å²) in [5, 5.41) is 21.3. The number of rotatable bonds is 4. The summed E-state index contributed by atoms with van der Waals surface area (Å²) in [7, 11) is 0. The number of aliphatic hydroxyl groups excluding tert-OH is 1. The summed E-state index contributed by atoms with van der Waals surface area (Å²) in [6, 6.07) is 6.18. The van der Waals surface area contributed by atoms with E-state index in [9.17, 15) is 5.11 Å². The first kappa shape index (κ1) is 19.2. The molecule has 5 rings (SSSR count). The van der Waals surface area contributed by atoms with Crippen molar-refractivity contribution in [1.29, 1.82) is 0 Å². The molecule has 9 nitrogen and oxygen atoms in total. The summed E-state index contributed by atoms with van der Waals surface area (Å²) in [5.41, 5.74) is 2.78. The second kappa shape index (κ2) is 7.82. The lowest BCUT2D eigenvalue weighted by molar-refractivity contribution is 0.0817. The van der Waals surface area contributed by atoms with Gasteiger partial charge in [-0.15, -0.1) is 0 Å². The van der Waals surface area contributed by atoms with Crippen molar-refractivity contribution in [1.82, 2.24) is 30.2 Å². The highest BCUT2D eigenvalue weighted by molar-refractivity contribution is 5.78. The van der Waals surface area contributed by atoms with Crippen molar-refractivity contribution < 1.29 is 5.11 Å². The first-order valence-electron chi connectivity index (χ1n) is 10.6. The van der Waals surface area contributed by atoms with Gasteiger partial charge in [-0.25, -0.2) is 9.97 Å². The fourth-order valence-electron chi connectivity index (χ4n) is 4.16. The molecule has 2 aliphatic rings. The standard InChI is InChI=1S/C21H28N8O/c1-13(2)16-12-29-17(20(30)25-16)9-14-10-24-21(27-19(14)29)26-18-4-3-15(11-23-18)28-7-5-22-6-8-28/h3-4,9-11,13,16,20,22,25,30H,5-8,12H2,1-2H3,(H,23,24,26,27)/t16-,20?/m1/s1. The van der Waals surface area contributed by atoms with Gasteiger partial charge in [-0.3, -0.25) is 5.32 Å². The Morgan fingerprint density at radius 1 is 1.17 bits per heavy atom. The third kappa shape index (κ3) is 3.60. The van der Waals surface area contributed by atoms with Crippen LogP contribution in [0, 0.1) is 5.92 Å². The van der Waals surface area contributed by atoms with Crippen LogP contribution in [-0.4, -0.2) is 56.8 Å². The van der Waals surface area contributed by atoms with Crippen molar-refractivity contribution >= 4 is 28.5 Å². The van der Waals surface area contributed by atoms with E-state index >= 15 is 0 Å². The van der Waals surface area contributed by atoms with E-state index in [-0.39, 0.29) is 6.04 Å². The predicted molar refractivity (Wildman–Crippen MR) is 117 cm³/mol. The summed E-state index contributed by atoms with van der Waals surface area (Å²) in [4.78, 5) is 16.0. The van der Waals surface area contributed by atoms with E-state index in [1.165, 1.54) is 0 Å². The molecule has 9 heteroatoms. The Labute approximate surface area is 175 Å². The van der Waals surface area contributed by atoms with Gasteiger partial charge in [-0.1, -0.05) is 13.8 Å². The van der Waals surface area contributed by atoms with E-state index < -0.39 is 6.23 Å². The minimum atomic E-state index is -0.698. The Morgan fingerprint density at radius 3 is 2.73 bits per heavy atom. The van der Waals surface area contributed by atoms with Crippen molar-refractivity contribution in [2.45, 2.75) is 32.7 Å². The van der Waals surface area contributed by atoms with Gasteiger partial charge in [0.25, 0.3) is 0 Å². The lowest BCUT2D eigenvalue weighted by atomic mass is 10.0. The Hall–Kier alpha value is -2.75. The van der Waals surface area contributed by atoms with Crippen LogP contribution in [-0.2, 0) is 6.54 Å². The molecule has 4 N–H and O–H groups in total. The molecule has 158 valence electrons. The summed E-state index contributed by atoms with van der Waals surface area (Å²) < 4.78 is 2.09. The zero-order chi connectivity index (χ0) is 20.7. The van der Waals surface area contributed by atoms with Gasteiger partial charge in [0.1, 0.15) is 17.7 Å².